The molecule has 0 N–H and O–H groups in total. The average molecular weight is 249 g/mol. The number of rotatable bonds is 5. The first-order valence-corrected chi connectivity index (χ1v) is 5.58. The van der Waals surface area contributed by atoms with Crippen molar-refractivity contribution in [3.05, 3.63) is 28.8 Å². The van der Waals surface area contributed by atoms with Gasteiger partial charge in [-0.25, -0.2) is 0 Å². The van der Waals surface area contributed by atoms with Gasteiger partial charge in [0.05, 0.1) is 11.1 Å². The van der Waals surface area contributed by atoms with Crippen molar-refractivity contribution < 1.29 is 9.47 Å². The van der Waals surface area contributed by atoms with Gasteiger partial charge in [0.25, 0.3) is 0 Å². The van der Waals surface area contributed by atoms with Gasteiger partial charge in [0, 0.05) is 13.0 Å². The molecule has 1 rings (SSSR count). The summed E-state index contributed by atoms with van der Waals surface area (Å²) in [6.07, 6.45) is 0.0498. The van der Waals surface area contributed by atoms with Crippen LogP contribution in [0.2, 0.25) is 5.02 Å². The fraction of sp³-hybridized carbons (Fsp3) is 0.455. The third-order valence-electron chi connectivity index (χ3n) is 2.03. The van der Waals surface area contributed by atoms with Gasteiger partial charge in [0.2, 0.25) is 0 Å². The van der Waals surface area contributed by atoms with E-state index >= 15 is 0 Å². The second-order valence-corrected chi connectivity index (χ2v) is 3.93. The van der Waals surface area contributed by atoms with E-state index in [-0.39, 0.29) is 6.10 Å². The number of halogens is 2. The quantitative estimate of drug-likeness (QED) is 0.743. The molecule has 4 heteroatoms. The highest BCUT2D eigenvalue weighted by molar-refractivity contribution is 6.32. The van der Waals surface area contributed by atoms with Gasteiger partial charge in [0.15, 0.2) is 0 Å². The molecule has 0 aliphatic rings. The van der Waals surface area contributed by atoms with Crippen molar-refractivity contribution in [1.82, 2.24) is 0 Å². The maximum atomic E-state index is 6.01. The van der Waals surface area contributed by atoms with E-state index in [9.17, 15) is 0 Å². The first kappa shape index (κ1) is 12.6. The Hall–Kier alpha value is -0.440. The molecule has 0 fully saturated rings. The van der Waals surface area contributed by atoms with Gasteiger partial charge in [0.1, 0.15) is 12.4 Å². The van der Waals surface area contributed by atoms with E-state index in [1.54, 1.807) is 13.2 Å². The summed E-state index contributed by atoms with van der Waals surface area (Å²) in [7, 11) is 1.65. The molecule has 0 aromatic heterocycles. The largest absolute Gasteiger partial charge is 0.489 e. The molecule has 2 nitrogen and oxygen atoms in total. The van der Waals surface area contributed by atoms with E-state index in [2.05, 4.69) is 0 Å². The van der Waals surface area contributed by atoms with Crippen molar-refractivity contribution in [3.63, 3.8) is 0 Å². The highest BCUT2D eigenvalue weighted by Gasteiger charge is 2.05. The van der Waals surface area contributed by atoms with Crippen LogP contribution in [0, 0.1) is 0 Å². The van der Waals surface area contributed by atoms with E-state index in [1.807, 2.05) is 19.1 Å². The minimum Gasteiger partial charge on any atom is -0.489 e. The van der Waals surface area contributed by atoms with Gasteiger partial charge in [-0.15, -0.1) is 11.6 Å². The molecule has 0 bridgehead atoms. The fourth-order valence-electron chi connectivity index (χ4n) is 1.02. The van der Waals surface area contributed by atoms with Crippen LogP contribution in [0.4, 0.5) is 0 Å². The molecule has 1 atom stereocenters. The number of benzene rings is 1. The summed E-state index contributed by atoms with van der Waals surface area (Å²) in [5.41, 5.74) is 0.980. The fourth-order valence-corrected chi connectivity index (χ4v) is 1.44. The van der Waals surface area contributed by atoms with Crippen LogP contribution in [-0.4, -0.2) is 19.8 Å². The molecule has 0 amide bonds. The molecule has 1 aromatic rings. The molecule has 1 unspecified atom stereocenters. The van der Waals surface area contributed by atoms with Crippen LogP contribution in [0.25, 0.3) is 0 Å². The molecule has 0 saturated carbocycles. The van der Waals surface area contributed by atoms with Crippen molar-refractivity contribution in [1.29, 1.82) is 0 Å². The normalized spacial score (nSPS) is 12.5. The summed E-state index contributed by atoms with van der Waals surface area (Å²) in [5, 5.41) is 0.580. The van der Waals surface area contributed by atoms with Crippen LogP contribution in [0.3, 0.4) is 0 Å². The Morgan fingerprint density at radius 3 is 2.67 bits per heavy atom. The molecule has 0 heterocycles. The standard InChI is InChI=1S/C11H14Cl2O2/c1-8(14-2)7-15-11-4-3-9(6-12)5-10(11)13/h3-5,8H,6-7H2,1-2H3. The Morgan fingerprint density at radius 2 is 2.13 bits per heavy atom. The van der Waals surface area contributed by atoms with Crippen molar-refractivity contribution in [2.24, 2.45) is 0 Å². The van der Waals surface area contributed by atoms with Crippen LogP contribution < -0.4 is 4.74 Å². The maximum absolute atomic E-state index is 6.01. The monoisotopic (exact) mass is 248 g/mol. The second-order valence-electron chi connectivity index (χ2n) is 3.26. The summed E-state index contributed by atoms with van der Waals surface area (Å²) in [6, 6.07) is 5.52. The third kappa shape index (κ3) is 3.90. The van der Waals surface area contributed by atoms with Crippen molar-refractivity contribution in [2.75, 3.05) is 13.7 Å². The van der Waals surface area contributed by atoms with Crippen LogP contribution in [0.5, 0.6) is 5.75 Å². The molecule has 15 heavy (non-hydrogen) atoms. The highest BCUT2D eigenvalue weighted by atomic mass is 35.5. The Bertz CT molecular complexity index is 315. The van der Waals surface area contributed by atoms with Crippen LogP contribution in [0.1, 0.15) is 12.5 Å². The van der Waals surface area contributed by atoms with Gasteiger partial charge in [-0.3, -0.25) is 0 Å². The van der Waals surface area contributed by atoms with E-state index in [1.165, 1.54) is 0 Å². The van der Waals surface area contributed by atoms with E-state index < -0.39 is 0 Å². The number of hydrogen-bond acceptors (Lipinski definition) is 2. The van der Waals surface area contributed by atoms with Crippen molar-refractivity contribution >= 4 is 23.2 Å². The van der Waals surface area contributed by atoms with Crippen LogP contribution in [0.15, 0.2) is 18.2 Å². The highest BCUT2D eigenvalue weighted by Crippen LogP contribution is 2.26. The van der Waals surface area contributed by atoms with Gasteiger partial charge < -0.3 is 9.47 Å². The first-order valence-electron chi connectivity index (χ1n) is 4.67. The number of ether oxygens (including phenoxy) is 2. The zero-order chi connectivity index (χ0) is 11.3. The number of alkyl halides is 1. The topological polar surface area (TPSA) is 18.5 Å². The summed E-state index contributed by atoms with van der Waals surface area (Å²) < 4.78 is 10.6. The average Bonchev–Trinajstić information content (AvgIpc) is 2.26. The molecule has 0 radical (unpaired) electrons. The number of methoxy groups -OCH3 is 1. The summed E-state index contributed by atoms with van der Waals surface area (Å²) in [4.78, 5) is 0. The van der Waals surface area contributed by atoms with Crippen LogP contribution >= 0.6 is 23.2 Å². The van der Waals surface area contributed by atoms with Gasteiger partial charge in [-0.05, 0) is 24.6 Å². The Kier molecular flexibility index (Phi) is 5.23. The first-order chi connectivity index (χ1) is 7.17. The van der Waals surface area contributed by atoms with Gasteiger partial charge in [-0.1, -0.05) is 17.7 Å². The van der Waals surface area contributed by atoms with Gasteiger partial charge >= 0.3 is 0 Å². The summed E-state index contributed by atoms with van der Waals surface area (Å²) in [6.45, 7) is 2.41. The van der Waals surface area contributed by atoms with E-state index in [4.69, 9.17) is 32.7 Å². The predicted molar refractivity (Wildman–Crippen MR) is 63.0 cm³/mol. The summed E-state index contributed by atoms with van der Waals surface area (Å²) >= 11 is 11.7. The molecule has 0 aliphatic carbocycles. The number of hydrogen-bond donors (Lipinski definition) is 0. The lowest BCUT2D eigenvalue weighted by Crippen LogP contribution is -2.16. The predicted octanol–water partition coefficient (Wildman–Crippen LogP) is 3.49. The van der Waals surface area contributed by atoms with Crippen LogP contribution in [-0.2, 0) is 10.6 Å². The zero-order valence-corrected chi connectivity index (χ0v) is 10.3. The van der Waals surface area contributed by atoms with Crippen molar-refractivity contribution in [2.45, 2.75) is 18.9 Å². The van der Waals surface area contributed by atoms with E-state index in [0.717, 1.165) is 5.56 Å². The molecular formula is C11H14Cl2O2. The third-order valence-corrected chi connectivity index (χ3v) is 2.63. The molecule has 0 saturated heterocycles. The zero-order valence-electron chi connectivity index (χ0n) is 8.80. The molecule has 1 aromatic carbocycles. The SMILES string of the molecule is COC(C)COc1ccc(CCl)cc1Cl. The smallest absolute Gasteiger partial charge is 0.138 e. The van der Waals surface area contributed by atoms with Gasteiger partial charge in [-0.2, -0.15) is 0 Å². The minimum atomic E-state index is 0.0498. The maximum Gasteiger partial charge on any atom is 0.138 e. The Labute approximate surface area is 100 Å². The molecule has 84 valence electrons. The lowest BCUT2D eigenvalue weighted by atomic mass is 10.2. The van der Waals surface area contributed by atoms with E-state index in [0.29, 0.717) is 23.3 Å². The molecule has 0 spiro atoms. The lowest BCUT2D eigenvalue weighted by Gasteiger charge is -2.12. The minimum absolute atomic E-state index is 0.0498. The Morgan fingerprint density at radius 1 is 1.40 bits per heavy atom. The second kappa shape index (κ2) is 6.21. The Balaban J connectivity index is 2.62. The molecule has 0 aliphatic heterocycles. The molecular weight excluding hydrogens is 235 g/mol. The summed E-state index contributed by atoms with van der Waals surface area (Å²) in [5.74, 6) is 1.11. The lowest BCUT2D eigenvalue weighted by molar-refractivity contribution is 0.0717. The van der Waals surface area contributed by atoms with Crippen molar-refractivity contribution in [3.8, 4) is 5.75 Å².